The van der Waals surface area contributed by atoms with Crippen LogP contribution in [0.15, 0.2) is 36.5 Å². The van der Waals surface area contributed by atoms with Crippen LogP contribution in [-0.4, -0.2) is 75.6 Å². The van der Waals surface area contributed by atoms with Gasteiger partial charge in [0.2, 0.25) is 0 Å². The molecule has 63 heavy (non-hydrogen) atoms. The van der Waals surface area contributed by atoms with E-state index in [0.717, 1.165) is 70.6 Å². The summed E-state index contributed by atoms with van der Waals surface area (Å²) in [4.78, 5) is 23.0. The number of ether oxygens (including phenoxy) is 2. The third-order valence-corrected chi connectivity index (χ3v) is 12.7. The van der Waals surface area contributed by atoms with Gasteiger partial charge in [-0.2, -0.15) is 0 Å². The van der Waals surface area contributed by atoms with Crippen molar-refractivity contribution in [3.05, 3.63) is 36.5 Å². The Morgan fingerprint density at radius 1 is 0.508 bits per heavy atom. The fourth-order valence-electron chi connectivity index (χ4n) is 7.63. The quantitative estimate of drug-likeness (QED) is 0.0214. The van der Waals surface area contributed by atoms with Gasteiger partial charge in [-0.05, 0) is 44.9 Å². The van der Waals surface area contributed by atoms with E-state index >= 15 is 0 Å². The molecule has 0 radical (unpaired) electrons. The first-order valence-electron chi connectivity index (χ1n) is 26.7. The molecule has 0 aliphatic heterocycles. The Morgan fingerprint density at radius 3 is 1.38 bits per heavy atom. The molecule has 0 heterocycles. The van der Waals surface area contributed by atoms with Crippen molar-refractivity contribution in [3.8, 4) is 0 Å². The number of phosphoric acid groups is 1. The lowest BCUT2D eigenvalue weighted by Gasteiger charge is -2.24. The van der Waals surface area contributed by atoms with Gasteiger partial charge < -0.3 is 18.9 Å². The minimum atomic E-state index is -4.28. The van der Waals surface area contributed by atoms with Crippen LogP contribution in [0.3, 0.4) is 0 Å². The maximum absolute atomic E-state index is 12.7. The second-order valence-electron chi connectivity index (χ2n) is 19.2. The molecule has 0 saturated carbocycles. The number of carbonyl (C=O) groups excluding carboxylic acids is 1. The standard InChI is InChI=1S/C54H104NO7P/c1-6-8-10-12-14-16-18-20-22-23-24-25-26-27-28-29-30-31-32-34-36-38-40-42-44-46-49-59-51-53(52-61-63(57,58)60-50-48-55(3,4)5)62-54(56)47-45-43-41-39-37-35-33-21-19-17-15-13-11-9-7-2/h9,11,15,17,21,33,53H,6-8,10,12-14,16,18-20,22-32,34-52H2,1-5H3/p+1/b11-9-,17-15-,33-21-. The average molecular weight is 911 g/mol. The molecule has 372 valence electrons. The summed E-state index contributed by atoms with van der Waals surface area (Å²) >= 11 is 0. The first-order chi connectivity index (χ1) is 30.6. The zero-order chi connectivity index (χ0) is 46.2. The lowest BCUT2D eigenvalue weighted by Crippen LogP contribution is -2.37. The Balaban J connectivity index is 4.02. The van der Waals surface area contributed by atoms with E-state index in [-0.39, 0.29) is 25.8 Å². The maximum atomic E-state index is 12.7. The molecule has 0 aromatic carbocycles. The van der Waals surface area contributed by atoms with Crippen molar-refractivity contribution in [1.29, 1.82) is 0 Å². The van der Waals surface area contributed by atoms with Crippen LogP contribution in [-0.2, 0) is 27.9 Å². The molecule has 0 aliphatic rings. The molecular formula is C54H105NO7P+. The molecule has 0 fully saturated rings. The lowest BCUT2D eigenvalue weighted by atomic mass is 10.0. The Labute approximate surface area is 391 Å². The van der Waals surface area contributed by atoms with Crippen LogP contribution in [0.25, 0.3) is 0 Å². The summed E-state index contributed by atoms with van der Waals surface area (Å²) < 4.78 is 35.1. The molecule has 0 aromatic heterocycles. The predicted molar refractivity (Wildman–Crippen MR) is 270 cm³/mol. The summed E-state index contributed by atoms with van der Waals surface area (Å²) in [5.41, 5.74) is 0. The Morgan fingerprint density at radius 2 is 0.921 bits per heavy atom. The van der Waals surface area contributed by atoms with E-state index in [0.29, 0.717) is 24.1 Å². The van der Waals surface area contributed by atoms with Gasteiger partial charge in [-0.15, -0.1) is 0 Å². The minimum absolute atomic E-state index is 0.0860. The highest BCUT2D eigenvalue weighted by Gasteiger charge is 2.26. The van der Waals surface area contributed by atoms with Crippen molar-refractivity contribution in [2.24, 2.45) is 0 Å². The second kappa shape index (κ2) is 47.2. The molecule has 8 nitrogen and oxygen atoms in total. The molecule has 0 amide bonds. The molecule has 0 saturated heterocycles. The number of nitrogens with zero attached hydrogens (tertiary/aromatic N) is 1. The maximum Gasteiger partial charge on any atom is 0.472 e. The normalized spacial score (nSPS) is 13.8. The summed E-state index contributed by atoms with van der Waals surface area (Å²) in [5.74, 6) is -0.327. The first-order valence-corrected chi connectivity index (χ1v) is 28.2. The van der Waals surface area contributed by atoms with E-state index in [1.165, 1.54) is 154 Å². The zero-order valence-electron chi connectivity index (χ0n) is 42.3. The SMILES string of the molecule is CC/C=C\C/C=C\C/C=C\CCCCCCCC(=O)OC(COCCCCCCCCCCCCCCCCCCCCCCCCCCCC)COP(=O)(O)OCC[N+](C)(C)C. The van der Waals surface area contributed by atoms with E-state index in [9.17, 15) is 14.3 Å². The van der Waals surface area contributed by atoms with Gasteiger partial charge in [0.25, 0.3) is 0 Å². The molecular weight excluding hydrogens is 806 g/mol. The fraction of sp³-hybridized carbons (Fsp3) is 0.870. The number of carbonyl (C=O) groups is 1. The summed E-state index contributed by atoms with van der Waals surface area (Å²) in [6, 6.07) is 0. The number of allylic oxidation sites excluding steroid dienone is 6. The average Bonchev–Trinajstić information content (AvgIpc) is 3.24. The third-order valence-electron chi connectivity index (χ3n) is 11.7. The minimum Gasteiger partial charge on any atom is -0.457 e. The number of likely N-dealkylation sites (N-methyl/N-ethyl adjacent to an activating group) is 1. The van der Waals surface area contributed by atoms with Crippen LogP contribution in [0, 0.1) is 0 Å². The largest absolute Gasteiger partial charge is 0.472 e. The number of hydrogen-bond donors (Lipinski definition) is 1. The smallest absolute Gasteiger partial charge is 0.457 e. The summed E-state index contributed by atoms with van der Waals surface area (Å²) in [6.45, 7) is 5.53. The number of quaternary nitrogens is 1. The van der Waals surface area contributed by atoms with E-state index < -0.39 is 13.9 Å². The van der Waals surface area contributed by atoms with E-state index in [1.807, 2.05) is 21.1 Å². The van der Waals surface area contributed by atoms with Crippen molar-refractivity contribution in [1.82, 2.24) is 0 Å². The zero-order valence-corrected chi connectivity index (χ0v) is 43.2. The van der Waals surface area contributed by atoms with E-state index in [1.54, 1.807) is 0 Å². The van der Waals surface area contributed by atoms with Crippen molar-refractivity contribution in [2.75, 3.05) is 54.1 Å². The van der Waals surface area contributed by atoms with Crippen molar-refractivity contribution >= 4 is 13.8 Å². The molecule has 0 bridgehead atoms. The number of hydrogen-bond acceptors (Lipinski definition) is 6. The highest BCUT2D eigenvalue weighted by Crippen LogP contribution is 2.43. The van der Waals surface area contributed by atoms with Gasteiger partial charge in [0.05, 0.1) is 34.4 Å². The van der Waals surface area contributed by atoms with Crippen molar-refractivity contribution in [3.63, 3.8) is 0 Å². The number of unbranched alkanes of at least 4 members (excludes halogenated alkanes) is 30. The van der Waals surface area contributed by atoms with E-state index in [4.69, 9.17) is 18.5 Å². The van der Waals surface area contributed by atoms with Gasteiger partial charge in [-0.25, -0.2) is 4.57 Å². The summed E-state index contributed by atoms with van der Waals surface area (Å²) in [7, 11) is 1.66. The van der Waals surface area contributed by atoms with Gasteiger partial charge in [-0.1, -0.05) is 230 Å². The summed E-state index contributed by atoms with van der Waals surface area (Å²) in [5, 5.41) is 0. The highest BCUT2D eigenvalue weighted by atomic mass is 31.2. The molecule has 0 aromatic rings. The Bertz CT molecular complexity index is 1100. The molecule has 0 aliphatic carbocycles. The topological polar surface area (TPSA) is 91.3 Å². The van der Waals surface area contributed by atoms with Gasteiger partial charge in [0.15, 0.2) is 0 Å². The molecule has 2 unspecified atom stereocenters. The lowest BCUT2D eigenvalue weighted by molar-refractivity contribution is -0.870. The molecule has 9 heteroatoms. The van der Waals surface area contributed by atoms with Crippen molar-refractivity contribution in [2.45, 2.75) is 251 Å². The number of rotatable bonds is 50. The van der Waals surface area contributed by atoms with Crippen LogP contribution in [0.4, 0.5) is 0 Å². The fourth-order valence-corrected chi connectivity index (χ4v) is 8.37. The van der Waals surface area contributed by atoms with E-state index in [2.05, 4.69) is 50.3 Å². The van der Waals surface area contributed by atoms with Crippen LogP contribution < -0.4 is 0 Å². The van der Waals surface area contributed by atoms with Gasteiger partial charge >= 0.3 is 13.8 Å². The van der Waals surface area contributed by atoms with Crippen LogP contribution in [0.2, 0.25) is 0 Å². The van der Waals surface area contributed by atoms with Crippen LogP contribution >= 0.6 is 7.82 Å². The first kappa shape index (κ1) is 61.7. The van der Waals surface area contributed by atoms with Gasteiger partial charge in [0.1, 0.15) is 19.3 Å². The third kappa shape index (κ3) is 51.6. The number of esters is 1. The molecule has 0 spiro atoms. The Kier molecular flexibility index (Phi) is 46.3. The molecule has 2 atom stereocenters. The van der Waals surface area contributed by atoms with Crippen molar-refractivity contribution < 1.29 is 37.3 Å². The predicted octanol–water partition coefficient (Wildman–Crippen LogP) is 16.5. The Hall–Kier alpha value is -1.28. The summed E-state index contributed by atoms with van der Waals surface area (Å²) in [6.07, 6.45) is 57.8. The number of phosphoric ester groups is 1. The highest BCUT2D eigenvalue weighted by molar-refractivity contribution is 7.47. The van der Waals surface area contributed by atoms with Crippen LogP contribution in [0.5, 0.6) is 0 Å². The molecule has 1 N–H and O–H groups in total. The van der Waals surface area contributed by atoms with Crippen LogP contribution in [0.1, 0.15) is 245 Å². The van der Waals surface area contributed by atoms with Gasteiger partial charge in [0, 0.05) is 13.0 Å². The second-order valence-corrected chi connectivity index (χ2v) is 20.7. The molecule has 0 rings (SSSR count). The monoisotopic (exact) mass is 911 g/mol. The van der Waals surface area contributed by atoms with Gasteiger partial charge in [-0.3, -0.25) is 13.8 Å².